The van der Waals surface area contributed by atoms with Crippen molar-refractivity contribution in [2.45, 2.75) is 65.0 Å². The van der Waals surface area contributed by atoms with Crippen LogP contribution in [0.2, 0.25) is 0 Å². The fourth-order valence-corrected chi connectivity index (χ4v) is 1.42. The maximum atomic E-state index is 5.75. The van der Waals surface area contributed by atoms with Gasteiger partial charge in [0.05, 0.1) is 6.61 Å². The fourth-order valence-electron chi connectivity index (χ4n) is 1.42. The summed E-state index contributed by atoms with van der Waals surface area (Å²) in [7, 11) is 4.20. The van der Waals surface area contributed by atoms with Gasteiger partial charge in [-0.05, 0) is 74.5 Å². The van der Waals surface area contributed by atoms with E-state index in [1.165, 1.54) is 12.8 Å². The van der Waals surface area contributed by atoms with Gasteiger partial charge in [0.1, 0.15) is 0 Å². The number of ether oxygens (including phenoxy) is 1. The van der Waals surface area contributed by atoms with Gasteiger partial charge < -0.3 is 15.0 Å². The van der Waals surface area contributed by atoms with Crippen molar-refractivity contribution >= 4 is 0 Å². The first-order valence-electron chi connectivity index (χ1n) is 7.15. The normalized spacial score (nSPS) is 13.3. The summed E-state index contributed by atoms with van der Waals surface area (Å²) in [5.41, 5.74) is 0.375. The van der Waals surface area contributed by atoms with Crippen molar-refractivity contribution < 1.29 is 4.74 Å². The standard InChI is InChI=1S/C15H34N2O/c1-14(2,3)16-11-9-8-10-12-18-13-15(4,5)17(6)7/h16H,8-13H2,1-7H3. The van der Waals surface area contributed by atoms with Crippen LogP contribution in [0.15, 0.2) is 0 Å². The molecule has 3 heteroatoms. The molecular formula is C15H34N2O. The van der Waals surface area contributed by atoms with Gasteiger partial charge in [0, 0.05) is 17.7 Å². The number of hydrogen-bond acceptors (Lipinski definition) is 3. The number of rotatable bonds is 9. The summed E-state index contributed by atoms with van der Waals surface area (Å²) in [6, 6.07) is 0. The van der Waals surface area contributed by atoms with Gasteiger partial charge in [0.2, 0.25) is 0 Å². The number of hydrogen-bond donors (Lipinski definition) is 1. The van der Waals surface area contributed by atoms with Crippen LogP contribution in [-0.2, 0) is 4.74 Å². The molecule has 110 valence electrons. The van der Waals surface area contributed by atoms with Crippen LogP contribution in [0.25, 0.3) is 0 Å². The third-order valence-corrected chi connectivity index (χ3v) is 3.29. The maximum absolute atomic E-state index is 5.75. The van der Waals surface area contributed by atoms with E-state index < -0.39 is 0 Å². The lowest BCUT2D eigenvalue weighted by Gasteiger charge is -2.32. The average molecular weight is 258 g/mol. The first kappa shape index (κ1) is 17.9. The Balaban J connectivity index is 3.37. The summed E-state index contributed by atoms with van der Waals surface area (Å²) >= 11 is 0. The Labute approximate surface area is 114 Å². The lowest BCUT2D eigenvalue weighted by atomic mass is 10.1. The topological polar surface area (TPSA) is 24.5 Å². The van der Waals surface area contributed by atoms with Gasteiger partial charge in [-0.25, -0.2) is 0 Å². The smallest absolute Gasteiger partial charge is 0.0644 e. The van der Waals surface area contributed by atoms with Crippen molar-refractivity contribution in [3.05, 3.63) is 0 Å². The van der Waals surface area contributed by atoms with E-state index in [0.29, 0.717) is 0 Å². The van der Waals surface area contributed by atoms with Gasteiger partial charge in [-0.15, -0.1) is 0 Å². The van der Waals surface area contributed by atoms with Crippen molar-refractivity contribution in [2.75, 3.05) is 33.9 Å². The molecule has 0 bridgehead atoms. The van der Waals surface area contributed by atoms with Gasteiger partial charge in [-0.2, -0.15) is 0 Å². The number of likely N-dealkylation sites (N-methyl/N-ethyl adjacent to an activating group) is 1. The van der Waals surface area contributed by atoms with Crippen molar-refractivity contribution in [2.24, 2.45) is 0 Å². The molecule has 0 spiro atoms. The molecule has 0 aromatic rings. The molecule has 0 saturated heterocycles. The summed E-state index contributed by atoms with van der Waals surface area (Å²) in [4.78, 5) is 2.21. The second-order valence-corrected chi connectivity index (χ2v) is 7.00. The lowest BCUT2D eigenvalue weighted by molar-refractivity contribution is 0.0345. The molecule has 0 unspecified atom stereocenters. The van der Waals surface area contributed by atoms with E-state index in [0.717, 1.165) is 26.2 Å². The Bertz CT molecular complexity index is 207. The van der Waals surface area contributed by atoms with Gasteiger partial charge in [0.25, 0.3) is 0 Å². The summed E-state index contributed by atoms with van der Waals surface area (Å²) in [5, 5.41) is 3.50. The third-order valence-electron chi connectivity index (χ3n) is 3.29. The zero-order valence-corrected chi connectivity index (χ0v) is 13.6. The van der Waals surface area contributed by atoms with E-state index in [1.54, 1.807) is 0 Å². The monoisotopic (exact) mass is 258 g/mol. The zero-order chi connectivity index (χ0) is 14.2. The molecule has 1 N–H and O–H groups in total. The molecule has 0 aliphatic heterocycles. The molecule has 0 saturated carbocycles. The number of nitrogens with zero attached hydrogens (tertiary/aromatic N) is 1. The van der Waals surface area contributed by atoms with Crippen molar-refractivity contribution in [1.29, 1.82) is 0 Å². The Hall–Kier alpha value is -0.120. The first-order chi connectivity index (χ1) is 8.15. The Kier molecular flexibility index (Phi) is 8.08. The third kappa shape index (κ3) is 9.86. The van der Waals surface area contributed by atoms with Crippen molar-refractivity contribution in [3.63, 3.8) is 0 Å². The van der Waals surface area contributed by atoms with Gasteiger partial charge in [0.15, 0.2) is 0 Å². The van der Waals surface area contributed by atoms with Gasteiger partial charge >= 0.3 is 0 Å². The quantitative estimate of drug-likeness (QED) is 0.644. The van der Waals surface area contributed by atoms with Crippen LogP contribution in [-0.4, -0.2) is 49.8 Å². The lowest BCUT2D eigenvalue weighted by Crippen LogP contribution is -2.42. The van der Waals surface area contributed by atoms with Crippen molar-refractivity contribution in [1.82, 2.24) is 10.2 Å². The van der Waals surface area contributed by atoms with Crippen molar-refractivity contribution in [3.8, 4) is 0 Å². The Morgan fingerprint density at radius 1 is 0.944 bits per heavy atom. The minimum Gasteiger partial charge on any atom is -0.380 e. The Morgan fingerprint density at radius 2 is 1.56 bits per heavy atom. The summed E-state index contributed by atoms with van der Waals surface area (Å²) in [6.45, 7) is 13.8. The van der Waals surface area contributed by atoms with Gasteiger partial charge in [-0.1, -0.05) is 0 Å². The Morgan fingerprint density at radius 3 is 2.06 bits per heavy atom. The maximum Gasteiger partial charge on any atom is 0.0644 e. The van der Waals surface area contributed by atoms with Crippen LogP contribution in [0.4, 0.5) is 0 Å². The molecule has 0 amide bonds. The highest BCUT2D eigenvalue weighted by Gasteiger charge is 2.20. The molecule has 18 heavy (non-hydrogen) atoms. The summed E-state index contributed by atoms with van der Waals surface area (Å²) < 4.78 is 5.75. The molecule has 0 rings (SSSR count). The molecule has 0 aromatic heterocycles. The second-order valence-electron chi connectivity index (χ2n) is 7.00. The van der Waals surface area contributed by atoms with Crippen LogP contribution < -0.4 is 5.32 Å². The molecule has 0 aliphatic carbocycles. The second kappa shape index (κ2) is 8.13. The molecule has 0 atom stereocenters. The molecule has 0 aromatic carbocycles. The zero-order valence-electron chi connectivity index (χ0n) is 13.6. The number of unbranched alkanes of at least 4 members (excludes halogenated alkanes) is 2. The van der Waals surface area contributed by atoms with E-state index in [-0.39, 0.29) is 11.1 Å². The SMILES string of the molecule is CN(C)C(C)(C)COCCCCCNC(C)(C)C. The predicted octanol–water partition coefficient (Wildman–Crippen LogP) is 2.90. The first-order valence-corrected chi connectivity index (χ1v) is 7.15. The van der Waals surface area contributed by atoms with E-state index >= 15 is 0 Å². The van der Waals surface area contributed by atoms with Gasteiger partial charge in [-0.3, -0.25) is 0 Å². The highest BCUT2D eigenvalue weighted by atomic mass is 16.5. The molecule has 0 heterocycles. The molecule has 0 radical (unpaired) electrons. The molecule has 3 nitrogen and oxygen atoms in total. The molecular weight excluding hydrogens is 224 g/mol. The van der Waals surface area contributed by atoms with E-state index in [4.69, 9.17) is 4.74 Å². The molecule has 0 aliphatic rings. The van der Waals surface area contributed by atoms with Crippen LogP contribution in [0, 0.1) is 0 Å². The minimum absolute atomic E-state index is 0.133. The fraction of sp³-hybridized carbons (Fsp3) is 1.00. The molecule has 0 fully saturated rings. The number of nitrogens with one attached hydrogen (secondary N) is 1. The minimum atomic E-state index is 0.133. The highest BCUT2D eigenvalue weighted by Crippen LogP contribution is 2.10. The predicted molar refractivity (Wildman–Crippen MR) is 80.2 cm³/mol. The van der Waals surface area contributed by atoms with E-state index in [1.807, 2.05) is 0 Å². The van der Waals surface area contributed by atoms with E-state index in [9.17, 15) is 0 Å². The largest absolute Gasteiger partial charge is 0.380 e. The summed E-state index contributed by atoms with van der Waals surface area (Å²) in [6.07, 6.45) is 3.64. The van der Waals surface area contributed by atoms with Crippen LogP contribution in [0.5, 0.6) is 0 Å². The van der Waals surface area contributed by atoms with Crippen LogP contribution in [0.1, 0.15) is 53.9 Å². The van der Waals surface area contributed by atoms with Crippen LogP contribution in [0.3, 0.4) is 0 Å². The average Bonchev–Trinajstić information content (AvgIpc) is 2.20. The van der Waals surface area contributed by atoms with Crippen LogP contribution >= 0.6 is 0 Å². The van der Waals surface area contributed by atoms with E-state index in [2.05, 4.69) is 58.9 Å². The summed E-state index contributed by atoms with van der Waals surface area (Å²) in [5.74, 6) is 0. The highest BCUT2D eigenvalue weighted by molar-refractivity contribution is 4.76.